The number of carbonyl (C=O) groups excluding carboxylic acids is 1. The van der Waals surface area contributed by atoms with E-state index in [1.807, 2.05) is 29.2 Å². The number of benzene rings is 2. The lowest BCUT2D eigenvalue weighted by atomic mass is 9.73. The van der Waals surface area contributed by atoms with Gasteiger partial charge in [-0.1, -0.05) is 60.7 Å². The Morgan fingerprint density at radius 2 is 1.73 bits per heavy atom. The Balaban J connectivity index is 1.67. The molecule has 4 rings (SSSR count). The predicted octanol–water partition coefficient (Wildman–Crippen LogP) is 2.89. The second-order valence-corrected chi connectivity index (χ2v) is 6.23. The fourth-order valence-corrected chi connectivity index (χ4v) is 3.92. The standard InChI is InChI=1S/C19H20N2O/c22-18-19(12-7-13-20-19)17(16-10-5-2-6-11-16)21(18)14-15-8-3-1-4-9-15/h1-6,8-11,17,20H,7,12-14H2/t17-,19+/m0/s1. The first kappa shape index (κ1) is 13.5. The molecule has 0 radical (unpaired) electrons. The van der Waals surface area contributed by atoms with Gasteiger partial charge >= 0.3 is 0 Å². The van der Waals surface area contributed by atoms with Crippen LogP contribution < -0.4 is 5.32 Å². The normalized spacial score (nSPS) is 27.2. The lowest BCUT2D eigenvalue weighted by Gasteiger charge is -2.55. The third-order valence-corrected chi connectivity index (χ3v) is 4.92. The molecule has 0 aliphatic carbocycles. The first-order valence-electron chi connectivity index (χ1n) is 7.96. The molecule has 3 nitrogen and oxygen atoms in total. The van der Waals surface area contributed by atoms with Crippen LogP contribution in [0.4, 0.5) is 0 Å². The number of rotatable bonds is 3. The monoisotopic (exact) mass is 292 g/mol. The van der Waals surface area contributed by atoms with Crippen molar-refractivity contribution >= 4 is 5.91 Å². The molecule has 2 heterocycles. The summed E-state index contributed by atoms with van der Waals surface area (Å²) in [6, 6.07) is 20.8. The fraction of sp³-hybridized carbons (Fsp3) is 0.316. The molecule has 0 bridgehead atoms. The zero-order valence-corrected chi connectivity index (χ0v) is 12.5. The van der Waals surface area contributed by atoms with Gasteiger partial charge in [-0.25, -0.2) is 0 Å². The zero-order valence-electron chi connectivity index (χ0n) is 12.5. The largest absolute Gasteiger partial charge is 0.327 e. The van der Waals surface area contributed by atoms with Crippen LogP contribution in [0.5, 0.6) is 0 Å². The molecular formula is C19H20N2O. The number of carbonyl (C=O) groups is 1. The van der Waals surface area contributed by atoms with Gasteiger partial charge in [0.25, 0.3) is 0 Å². The number of likely N-dealkylation sites (tertiary alicyclic amines) is 1. The van der Waals surface area contributed by atoms with Crippen molar-refractivity contribution in [2.24, 2.45) is 0 Å². The van der Waals surface area contributed by atoms with E-state index < -0.39 is 0 Å². The van der Waals surface area contributed by atoms with E-state index in [0.29, 0.717) is 6.54 Å². The third-order valence-electron chi connectivity index (χ3n) is 4.92. The number of nitrogens with zero attached hydrogens (tertiary/aromatic N) is 1. The van der Waals surface area contributed by atoms with Crippen LogP contribution in [0.25, 0.3) is 0 Å². The van der Waals surface area contributed by atoms with Crippen molar-refractivity contribution in [3.63, 3.8) is 0 Å². The third kappa shape index (κ3) is 1.97. The molecule has 2 fully saturated rings. The van der Waals surface area contributed by atoms with Crippen molar-refractivity contribution in [2.45, 2.75) is 31.0 Å². The number of hydrogen-bond acceptors (Lipinski definition) is 2. The van der Waals surface area contributed by atoms with E-state index in [4.69, 9.17) is 0 Å². The summed E-state index contributed by atoms with van der Waals surface area (Å²) in [5.41, 5.74) is 2.05. The van der Waals surface area contributed by atoms with Crippen LogP contribution in [0.3, 0.4) is 0 Å². The number of β-lactam (4-membered cyclic amide) rings is 1. The van der Waals surface area contributed by atoms with E-state index in [-0.39, 0.29) is 17.5 Å². The first-order valence-corrected chi connectivity index (χ1v) is 7.96. The predicted molar refractivity (Wildman–Crippen MR) is 86.1 cm³/mol. The molecule has 2 aliphatic rings. The van der Waals surface area contributed by atoms with Gasteiger partial charge in [-0.2, -0.15) is 0 Å². The summed E-state index contributed by atoms with van der Waals surface area (Å²) >= 11 is 0. The summed E-state index contributed by atoms with van der Waals surface area (Å²) in [7, 11) is 0. The molecule has 2 atom stereocenters. The van der Waals surface area contributed by atoms with Crippen LogP contribution in [-0.4, -0.2) is 22.9 Å². The van der Waals surface area contributed by atoms with Crippen molar-refractivity contribution in [3.05, 3.63) is 71.8 Å². The highest BCUT2D eigenvalue weighted by Gasteiger charge is 2.61. The molecule has 1 amide bonds. The smallest absolute Gasteiger partial charge is 0.246 e. The van der Waals surface area contributed by atoms with Gasteiger partial charge in [-0.15, -0.1) is 0 Å². The van der Waals surface area contributed by atoms with Crippen LogP contribution >= 0.6 is 0 Å². The molecule has 2 aliphatic heterocycles. The summed E-state index contributed by atoms with van der Waals surface area (Å²) in [4.78, 5) is 14.9. The van der Waals surface area contributed by atoms with Crippen LogP contribution in [0.2, 0.25) is 0 Å². The average molecular weight is 292 g/mol. The maximum absolute atomic E-state index is 12.8. The summed E-state index contributed by atoms with van der Waals surface area (Å²) in [6.07, 6.45) is 2.02. The van der Waals surface area contributed by atoms with Gasteiger partial charge in [0.15, 0.2) is 0 Å². The van der Waals surface area contributed by atoms with Gasteiger partial charge in [0.2, 0.25) is 5.91 Å². The van der Waals surface area contributed by atoms with Crippen LogP contribution in [0.1, 0.15) is 30.0 Å². The summed E-state index contributed by atoms with van der Waals surface area (Å²) in [5.74, 6) is 0.253. The van der Waals surface area contributed by atoms with Gasteiger partial charge in [0.05, 0.1) is 6.04 Å². The molecular weight excluding hydrogens is 272 g/mol. The quantitative estimate of drug-likeness (QED) is 0.882. The number of hydrogen-bond donors (Lipinski definition) is 1. The maximum Gasteiger partial charge on any atom is 0.246 e. The molecule has 2 aromatic rings. The van der Waals surface area contributed by atoms with E-state index in [9.17, 15) is 4.79 Å². The Bertz CT molecular complexity index is 662. The molecule has 1 spiro atoms. The van der Waals surface area contributed by atoms with Gasteiger partial charge < -0.3 is 10.2 Å². The Hall–Kier alpha value is -2.13. The molecule has 0 aromatic heterocycles. The molecule has 2 aromatic carbocycles. The molecule has 0 saturated carbocycles. The van der Waals surface area contributed by atoms with Gasteiger partial charge in [0, 0.05) is 6.54 Å². The first-order chi connectivity index (χ1) is 10.8. The molecule has 1 N–H and O–H groups in total. The Morgan fingerprint density at radius 1 is 1.05 bits per heavy atom. The fourth-order valence-electron chi connectivity index (χ4n) is 3.92. The Morgan fingerprint density at radius 3 is 2.36 bits per heavy atom. The minimum atomic E-state index is -0.365. The van der Waals surface area contributed by atoms with Gasteiger partial charge in [0.1, 0.15) is 5.54 Å². The van der Waals surface area contributed by atoms with Crippen LogP contribution in [-0.2, 0) is 11.3 Å². The summed E-state index contributed by atoms with van der Waals surface area (Å²) in [6.45, 7) is 1.62. The zero-order chi connectivity index (χ0) is 15.0. The van der Waals surface area contributed by atoms with Gasteiger partial charge in [-0.05, 0) is 30.5 Å². The lowest BCUT2D eigenvalue weighted by molar-refractivity contribution is -0.164. The van der Waals surface area contributed by atoms with E-state index in [0.717, 1.165) is 19.4 Å². The minimum absolute atomic E-state index is 0.143. The highest BCUT2D eigenvalue weighted by Crippen LogP contribution is 2.48. The van der Waals surface area contributed by atoms with Crippen molar-refractivity contribution in [3.8, 4) is 0 Å². The second-order valence-electron chi connectivity index (χ2n) is 6.23. The SMILES string of the molecule is O=C1N(Cc2ccccc2)[C@@H](c2ccccc2)[C@]12CCCN2. The molecule has 2 saturated heterocycles. The van der Waals surface area contributed by atoms with Crippen LogP contribution in [0.15, 0.2) is 60.7 Å². The van der Waals surface area contributed by atoms with Crippen molar-refractivity contribution < 1.29 is 4.79 Å². The summed E-state index contributed by atoms with van der Waals surface area (Å²) in [5, 5.41) is 3.49. The van der Waals surface area contributed by atoms with Crippen molar-refractivity contribution in [1.82, 2.24) is 10.2 Å². The van der Waals surface area contributed by atoms with E-state index >= 15 is 0 Å². The topological polar surface area (TPSA) is 32.3 Å². The lowest BCUT2D eigenvalue weighted by Crippen LogP contribution is -2.72. The number of nitrogens with one attached hydrogen (secondary N) is 1. The Labute approximate surface area is 131 Å². The second kappa shape index (κ2) is 5.25. The highest BCUT2D eigenvalue weighted by atomic mass is 16.2. The maximum atomic E-state index is 12.8. The Kier molecular flexibility index (Phi) is 3.23. The van der Waals surface area contributed by atoms with Crippen molar-refractivity contribution in [2.75, 3.05) is 6.54 Å². The number of amides is 1. The minimum Gasteiger partial charge on any atom is -0.327 e. The average Bonchev–Trinajstić information content (AvgIpc) is 3.08. The molecule has 22 heavy (non-hydrogen) atoms. The van der Waals surface area contributed by atoms with Gasteiger partial charge in [-0.3, -0.25) is 4.79 Å². The molecule has 0 unspecified atom stereocenters. The van der Waals surface area contributed by atoms with E-state index in [1.54, 1.807) is 0 Å². The van der Waals surface area contributed by atoms with E-state index in [2.05, 4.69) is 41.7 Å². The van der Waals surface area contributed by atoms with Crippen LogP contribution in [0, 0.1) is 0 Å². The highest BCUT2D eigenvalue weighted by molar-refractivity contribution is 5.95. The van der Waals surface area contributed by atoms with Crippen molar-refractivity contribution in [1.29, 1.82) is 0 Å². The summed E-state index contributed by atoms with van der Waals surface area (Å²) < 4.78 is 0. The van der Waals surface area contributed by atoms with E-state index in [1.165, 1.54) is 11.1 Å². The molecule has 3 heteroatoms. The molecule has 112 valence electrons.